The van der Waals surface area contributed by atoms with Crippen LogP contribution in [0.15, 0.2) is 0 Å². The largest absolute Gasteiger partial charge is 0.317 e. The van der Waals surface area contributed by atoms with Crippen LogP contribution in [0.4, 0.5) is 0 Å². The van der Waals surface area contributed by atoms with Gasteiger partial charge in [0.1, 0.15) is 0 Å². The van der Waals surface area contributed by atoms with Gasteiger partial charge in [-0.3, -0.25) is 15.0 Å². The number of hydrogen-bond donors (Lipinski definition) is 1. The average Bonchev–Trinajstić information content (AvgIpc) is 2.37. The third-order valence-electron chi connectivity index (χ3n) is 3.39. The number of piperazine rings is 1. The first-order chi connectivity index (χ1) is 8.72. The topological polar surface area (TPSA) is 61.6 Å². The Balaban J connectivity index is 1.99. The number of nitrogens with zero attached hydrogens (tertiary/aromatic N) is 3. The van der Waals surface area contributed by atoms with Gasteiger partial charge in [-0.2, -0.15) is 0 Å². The van der Waals surface area contributed by atoms with Crippen molar-refractivity contribution in [2.24, 2.45) is 0 Å². The van der Waals surface area contributed by atoms with Crippen LogP contribution in [0.3, 0.4) is 0 Å². The lowest BCUT2D eigenvalue weighted by atomic mass is 10.2. The SMILES string of the molecule is CCNCCCCN1CCN(CC[N+](=O)[O-])CC1. The summed E-state index contributed by atoms with van der Waals surface area (Å²) < 4.78 is 0. The molecular formula is C12H26N4O2. The van der Waals surface area contributed by atoms with Gasteiger partial charge in [-0.25, -0.2) is 0 Å². The molecule has 0 aromatic carbocycles. The van der Waals surface area contributed by atoms with E-state index in [0.29, 0.717) is 6.54 Å². The Morgan fingerprint density at radius 2 is 1.72 bits per heavy atom. The van der Waals surface area contributed by atoms with Gasteiger partial charge >= 0.3 is 0 Å². The van der Waals surface area contributed by atoms with Gasteiger partial charge in [0.15, 0.2) is 0 Å². The molecule has 0 bridgehead atoms. The first-order valence-electron chi connectivity index (χ1n) is 6.99. The zero-order valence-corrected chi connectivity index (χ0v) is 11.4. The van der Waals surface area contributed by atoms with E-state index in [1.807, 2.05) is 0 Å². The summed E-state index contributed by atoms with van der Waals surface area (Å²) in [5, 5.41) is 13.6. The van der Waals surface area contributed by atoms with Crippen LogP contribution >= 0.6 is 0 Å². The van der Waals surface area contributed by atoms with Crippen LogP contribution < -0.4 is 5.32 Å². The average molecular weight is 258 g/mol. The molecule has 0 saturated carbocycles. The number of nitro groups is 1. The van der Waals surface area contributed by atoms with Crippen LogP contribution in [0, 0.1) is 10.1 Å². The van der Waals surface area contributed by atoms with Gasteiger partial charge in [0.2, 0.25) is 6.54 Å². The van der Waals surface area contributed by atoms with E-state index in [1.54, 1.807) is 0 Å². The molecule has 1 rings (SSSR count). The second-order valence-electron chi connectivity index (χ2n) is 4.80. The summed E-state index contributed by atoms with van der Waals surface area (Å²) in [6.45, 7) is 10.2. The van der Waals surface area contributed by atoms with Crippen molar-refractivity contribution in [2.75, 3.05) is 58.9 Å². The molecule has 1 aliphatic rings. The molecule has 0 spiro atoms. The van der Waals surface area contributed by atoms with Crippen LogP contribution in [0.2, 0.25) is 0 Å². The van der Waals surface area contributed by atoms with Crippen molar-refractivity contribution >= 4 is 0 Å². The van der Waals surface area contributed by atoms with E-state index >= 15 is 0 Å². The molecule has 6 heteroatoms. The van der Waals surface area contributed by atoms with Gasteiger partial charge in [0, 0.05) is 31.1 Å². The highest BCUT2D eigenvalue weighted by atomic mass is 16.6. The molecule has 1 aliphatic heterocycles. The maximum atomic E-state index is 10.3. The summed E-state index contributed by atoms with van der Waals surface area (Å²) in [4.78, 5) is 14.7. The van der Waals surface area contributed by atoms with E-state index in [2.05, 4.69) is 22.0 Å². The summed E-state index contributed by atoms with van der Waals surface area (Å²) in [7, 11) is 0. The number of rotatable bonds is 9. The number of nitrogens with one attached hydrogen (secondary N) is 1. The standard InChI is InChI=1S/C12H26N4O2/c1-2-13-5-3-4-6-14-7-9-15(10-8-14)11-12-16(17)18/h13H,2-12H2,1H3. The minimum atomic E-state index is -0.229. The highest BCUT2D eigenvalue weighted by Gasteiger charge is 2.17. The van der Waals surface area contributed by atoms with E-state index in [1.165, 1.54) is 12.8 Å². The van der Waals surface area contributed by atoms with Gasteiger partial charge in [-0.15, -0.1) is 0 Å². The minimum Gasteiger partial charge on any atom is -0.317 e. The Bertz CT molecular complexity index is 230. The maximum Gasteiger partial charge on any atom is 0.216 e. The highest BCUT2D eigenvalue weighted by molar-refractivity contribution is 4.71. The first kappa shape index (κ1) is 15.3. The quantitative estimate of drug-likeness (QED) is 0.365. The van der Waals surface area contributed by atoms with Crippen molar-refractivity contribution in [3.8, 4) is 0 Å². The zero-order valence-electron chi connectivity index (χ0n) is 11.4. The van der Waals surface area contributed by atoms with E-state index < -0.39 is 0 Å². The van der Waals surface area contributed by atoms with Crippen molar-refractivity contribution in [1.29, 1.82) is 0 Å². The molecule has 18 heavy (non-hydrogen) atoms. The normalized spacial score (nSPS) is 18.1. The summed E-state index contributed by atoms with van der Waals surface area (Å²) in [5.74, 6) is 0. The number of hydrogen-bond acceptors (Lipinski definition) is 5. The molecule has 0 unspecified atom stereocenters. The third-order valence-corrected chi connectivity index (χ3v) is 3.39. The lowest BCUT2D eigenvalue weighted by Gasteiger charge is -2.33. The van der Waals surface area contributed by atoms with Crippen LogP contribution in [0.5, 0.6) is 0 Å². The molecule has 0 aliphatic carbocycles. The predicted molar refractivity (Wildman–Crippen MR) is 72.5 cm³/mol. The van der Waals surface area contributed by atoms with E-state index in [4.69, 9.17) is 0 Å². The van der Waals surface area contributed by atoms with Crippen LogP contribution in [-0.4, -0.2) is 73.6 Å². The van der Waals surface area contributed by atoms with E-state index in [0.717, 1.165) is 45.8 Å². The van der Waals surface area contributed by atoms with Gasteiger partial charge in [0.05, 0.1) is 6.54 Å². The van der Waals surface area contributed by atoms with E-state index in [9.17, 15) is 10.1 Å². The molecule has 1 heterocycles. The maximum absolute atomic E-state index is 10.3. The fourth-order valence-electron chi connectivity index (χ4n) is 2.22. The minimum absolute atomic E-state index is 0.0721. The summed E-state index contributed by atoms with van der Waals surface area (Å²) in [5.41, 5.74) is 0. The lowest BCUT2D eigenvalue weighted by Crippen LogP contribution is -2.47. The fourth-order valence-corrected chi connectivity index (χ4v) is 2.22. The molecule has 1 saturated heterocycles. The van der Waals surface area contributed by atoms with Gasteiger partial charge in [-0.1, -0.05) is 6.92 Å². The van der Waals surface area contributed by atoms with E-state index in [-0.39, 0.29) is 11.5 Å². The lowest BCUT2D eigenvalue weighted by molar-refractivity contribution is -0.480. The Kier molecular flexibility index (Phi) is 7.88. The molecule has 0 aromatic rings. The van der Waals surface area contributed by atoms with Crippen LogP contribution in [0.1, 0.15) is 19.8 Å². The van der Waals surface area contributed by atoms with Gasteiger partial charge in [0.25, 0.3) is 0 Å². The second kappa shape index (κ2) is 9.24. The summed E-state index contributed by atoms with van der Waals surface area (Å²) >= 11 is 0. The van der Waals surface area contributed by atoms with Gasteiger partial charge < -0.3 is 10.2 Å². The monoisotopic (exact) mass is 258 g/mol. The van der Waals surface area contributed by atoms with Crippen molar-refractivity contribution in [2.45, 2.75) is 19.8 Å². The molecular weight excluding hydrogens is 232 g/mol. The third kappa shape index (κ3) is 6.88. The van der Waals surface area contributed by atoms with Crippen molar-refractivity contribution in [3.05, 3.63) is 10.1 Å². The van der Waals surface area contributed by atoms with Crippen LogP contribution in [0.25, 0.3) is 0 Å². The molecule has 0 amide bonds. The molecule has 1 N–H and O–H groups in total. The van der Waals surface area contributed by atoms with Crippen molar-refractivity contribution < 1.29 is 4.92 Å². The molecule has 0 aromatic heterocycles. The Labute approximate surface area is 109 Å². The smallest absolute Gasteiger partial charge is 0.216 e. The molecule has 0 radical (unpaired) electrons. The molecule has 106 valence electrons. The first-order valence-corrected chi connectivity index (χ1v) is 6.99. The predicted octanol–water partition coefficient (Wildman–Crippen LogP) is 0.270. The molecule has 6 nitrogen and oxygen atoms in total. The second-order valence-corrected chi connectivity index (χ2v) is 4.80. The Morgan fingerprint density at radius 3 is 2.28 bits per heavy atom. The Hall–Kier alpha value is -0.720. The highest BCUT2D eigenvalue weighted by Crippen LogP contribution is 2.03. The zero-order chi connectivity index (χ0) is 13.2. The van der Waals surface area contributed by atoms with Crippen LogP contribution in [-0.2, 0) is 0 Å². The molecule has 1 fully saturated rings. The molecule has 0 atom stereocenters. The summed E-state index contributed by atoms with van der Waals surface area (Å²) in [6, 6.07) is 0. The van der Waals surface area contributed by atoms with Crippen molar-refractivity contribution in [3.63, 3.8) is 0 Å². The summed E-state index contributed by atoms with van der Waals surface area (Å²) in [6.07, 6.45) is 2.47. The fraction of sp³-hybridized carbons (Fsp3) is 1.00. The number of unbranched alkanes of at least 4 members (excludes halogenated alkanes) is 1. The van der Waals surface area contributed by atoms with Gasteiger partial charge in [-0.05, 0) is 32.5 Å². The Morgan fingerprint density at radius 1 is 1.11 bits per heavy atom. The van der Waals surface area contributed by atoms with Crippen molar-refractivity contribution in [1.82, 2.24) is 15.1 Å².